The van der Waals surface area contributed by atoms with Crippen molar-refractivity contribution in [2.75, 3.05) is 58.1 Å². The molecule has 0 aliphatic carbocycles. The molecule has 0 bridgehead atoms. The first kappa shape index (κ1) is 37.2. The summed E-state index contributed by atoms with van der Waals surface area (Å²) in [6, 6.07) is 9.81. The van der Waals surface area contributed by atoms with Crippen LogP contribution in [0.15, 0.2) is 47.3 Å². The van der Waals surface area contributed by atoms with Crippen LogP contribution in [0.4, 0.5) is 36.8 Å². The normalized spacial score (nSPS) is 19.1. The summed E-state index contributed by atoms with van der Waals surface area (Å²) >= 11 is 0. The number of piperazine rings is 1. The Balaban J connectivity index is 1.19. The number of aromatic amines is 1. The minimum Gasteiger partial charge on any atom is -0.436 e. The van der Waals surface area contributed by atoms with E-state index >= 15 is 0 Å². The number of nitrogens with zero attached hydrogens (tertiary/aromatic N) is 5. The Labute approximate surface area is 294 Å². The number of benzene rings is 2. The number of halogens is 6. The maximum Gasteiger partial charge on any atom is 0.418 e. The van der Waals surface area contributed by atoms with E-state index in [0.29, 0.717) is 49.2 Å². The smallest absolute Gasteiger partial charge is 0.418 e. The quantitative estimate of drug-likeness (QED) is 0.243. The molecule has 6 rings (SSSR count). The molecule has 52 heavy (non-hydrogen) atoms. The van der Waals surface area contributed by atoms with E-state index in [1.165, 1.54) is 14.5 Å². The number of anilines is 1. The number of carbonyl (C=O) groups excluding carboxylic acids is 2. The van der Waals surface area contributed by atoms with Crippen molar-refractivity contribution >= 4 is 17.7 Å². The minimum atomic E-state index is -5.22. The summed E-state index contributed by atoms with van der Waals surface area (Å²) < 4.78 is 90.0. The summed E-state index contributed by atoms with van der Waals surface area (Å²) in [6.07, 6.45) is -12.0. The fraction of sp³-hybridized carbons (Fsp3) is 0.529. The van der Waals surface area contributed by atoms with Crippen LogP contribution in [0.1, 0.15) is 48.4 Å². The van der Waals surface area contributed by atoms with E-state index in [4.69, 9.17) is 10.5 Å². The predicted octanol–water partition coefficient (Wildman–Crippen LogP) is 4.14. The molecule has 0 radical (unpaired) electrons. The zero-order chi connectivity index (χ0) is 37.2. The van der Waals surface area contributed by atoms with Gasteiger partial charge in [0.25, 0.3) is 5.91 Å². The van der Waals surface area contributed by atoms with Gasteiger partial charge >= 0.3 is 24.1 Å². The topological polar surface area (TPSA) is 142 Å². The van der Waals surface area contributed by atoms with Crippen molar-refractivity contribution in [3.63, 3.8) is 0 Å². The molecule has 4 N–H and O–H groups in total. The molecule has 3 aromatic rings. The molecule has 3 aliphatic heterocycles. The van der Waals surface area contributed by atoms with Crippen LogP contribution in [-0.4, -0.2) is 106 Å². The number of hydrogen-bond donors (Lipinski definition) is 3. The third-order valence-corrected chi connectivity index (χ3v) is 9.99. The molecule has 1 atom stereocenters. The number of hydrogen-bond acceptors (Lipinski definition) is 8. The molecule has 282 valence electrons. The molecule has 0 spiro atoms. The summed E-state index contributed by atoms with van der Waals surface area (Å²) in [4.78, 5) is 47.9. The molecule has 2 aromatic carbocycles. The number of alkyl halides is 6. The second-order valence-corrected chi connectivity index (χ2v) is 13.3. The van der Waals surface area contributed by atoms with E-state index in [0.717, 1.165) is 26.2 Å². The Bertz CT molecular complexity index is 1740. The average Bonchev–Trinajstić information content (AvgIpc) is 3.53. The van der Waals surface area contributed by atoms with Crippen LogP contribution in [0.3, 0.4) is 0 Å². The zero-order valence-corrected chi connectivity index (χ0v) is 28.2. The largest absolute Gasteiger partial charge is 0.436 e. The molecule has 0 unspecified atom stereocenters. The minimum absolute atomic E-state index is 0.0960. The van der Waals surface area contributed by atoms with Crippen molar-refractivity contribution < 1.29 is 40.7 Å². The molecular weight excluding hydrogens is 698 g/mol. The van der Waals surface area contributed by atoms with Gasteiger partial charge in [-0.3, -0.25) is 14.7 Å². The maximum absolute atomic E-state index is 13.9. The Kier molecular flexibility index (Phi) is 10.9. The fourth-order valence-electron chi connectivity index (χ4n) is 7.20. The van der Waals surface area contributed by atoms with Crippen LogP contribution in [0, 0.1) is 0 Å². The lowest BCUT2D eigenvalue weighted by molar-refractivity contribution is -0.142. The molecule has 2 amide bonds. The van der Waals surface area contributed by atoms with E-state index < -0.39 is 64.9 Å². The van der Waals surface area contributed by atoms with Gasteiger partial charge in [-0.2, -0.15) is 26.3 Å². The van der Waals surface area contributed by atoms with Crippen LogP contribution in [-0.2, 0) is 28.3 Å². The summed E-state index contributed by atoms with van der Waals surface area (Å²) in [5.41, 5.74) is 0.243. The van der Waals surface area contributed by atoms with Crippen molar-refractivity contribution in [1.82, 2.24) is 34.8 Å². The van der Waals surface area contributed by atoms with Gasteiger partial charge in [0.15, 0.2) is 11.9 Å². The molecule has 3 fully saturated rings. The summed E-state index contributed by atoms with van der Waals surface area (Å²) in [5.74, 6) is -0.326. The molecular formula is C34H40F6N8O4. The number of rotatable bonds is 7. The van der Waals surface area contributed by atoms with E-state index in [2.05, 4.69) is 20.3 Å². The third kappa shape index (κ3) is 8.38. The Morgan fingerprint density at radius 3 is 1.98 bits per heavy atom. The van der Waals surface area contributed by atoms with Crippen LogP contribution in [0.5, 0.6) is 0 Å². The number of piperidine rings is 2. The number of H-pyrrole nitrogens is 1. The van der Waals surface area contributed by atoms with Crippen molar-refractivity contribution in [2.24, 2.45) is 0 Å². The monoisotopic (exact) mass is 738 g/mol. The van der Waals surface area contributed by atoms with Crippen LogP contribution >= 0.6 is 0 Å². The second kappa shape index (κ2) is 15.2. The van der Waals surface area contributed by atoms with Gasteiger partial charge in [0.2, 0.25) is 0 Å². The maximum atomic E-state index is 13.9. The summed E-state index contributed by atoms with van der Waals surface area (Å²) in [5, 5.41) is 7.71. The Hall–Kier alpha value is -4.58. The Morgan fingerprint density at radius 1 is 0.846 bits per heavy atom. The molecule has 0 saturated carbocycles. The van der Waals surface area contributed by atoms with Gasteiger partial charge in [-0.15, -0.1) is 5.10 Å². The van der Waals surface area contributed by atoms with Gasteiger partial charge in [-0.25, -0.2) is 14.3 Å². The number of carbonyl (C=O) groups is 2. The van der Waals surface area contributed by atoms with Crippen molar-refractivity contribution in [1.29, 1.82) is 0 Å². The van der Waals surface area contributed by atoms with E-state index in [1.807, 2.05) is 18.2 Å². The van der Waals surface area contributed by atoms with Crippen LogP contribution in [0.25, 0.3) is 11.4 Å². The van der Waals surface area contributed by atoms with Crippen molar-refractivity contribution in [3.05, 3.63) is 69.6 Å². The highest BCUT2D eigenvalue weighted by atomic mass is 19.4. The lowest BCUT2D eigenvalue weighted by atomic mass is 9.97. The highest BCUT2D eigenvalue weighted by Crippen LogP contribution is 2.42. The van der Waals surface area contributed by atoms with E-state index in [-0.39, 0.29) is 38.3 Å². The second-order valence-electron chi connectivity index (χ2n) is 13.3. The lowest BCUT2D eigenvalue weighted by Crippen LogP contribution is -2.54. The molecule has 4 heterocycles. The molecule has 3 saturated heterocycles. The fourth-order valence-corrected chi connectivity index (χ4v) is 7.20. The molecule has 18 heteroatoms. The molecule has 1 aromatic heterocycles. The van der Waals surface area contributed by atoms with Crippen LogP contribution in [0.2, 0.25) is 0 Å². The first-order valence-electron chi connectivity index (χ1n) is 17.2. The van der Waals surface area contributed by atoms with E-state index in [1.54, 1.807) is 12.1 Å². The number of nitrogens with one attached hydrogen (secondary N) is 2. The standard InChI is InChI=1S/C34H40F6N8O4/c35-33(36,37)25-18-21(19-26(28(25)41)34(38,39)40)20-27(30(49)46-12-6-23(7-13-46)45-16-10-42-11-17-45)52-32(51)47-14-8-24(9-15-47)48-31(50)43-29(44-48)22-4-2-1-3-5-22/h1-5,18-19,23-24,27,42H,6-17,20,41H2,(H,43,44,50)/t27-/m1/s1. The number of ether oxygens (including phenoxy) is 1. The van der Waals surface area contributed by atoms with Gasteiger partial charge in [0.05, 0.1) is 22.9 Å². The number of amides is 2. The highest BCUT2D eigenvalue weighted by molar-refractivity contribution is 5.84. The average molecular weight is 739 g/mol. The van der Waals surface area contributed by atoms with Gasteiger partial charge in [0.1, 0.15) is 0 Å². The van der Waals surface area contributed by atoms with Crippen molar-refractivity contribution in [3.8, 4) is 11.4 Å². The summed E-state index contributed by atoms with van der Waals surface area (Å²) in [7, 11) is 0. The first-order valence-corrected chi connectivity index (χ1v) is 17.2. The van der Waals surface area contributed by atoms with E-state index in [9.17, 15) is 40.7 Å². The SMILES string of the molecule is Nc1c(C(F)(F)F)cc(C[C@@H](OC(=O)N2CCC(n3nc(-c4ccccc4)[nH]c3=O)CC2)C(=O)N2CCC(N3CCNCC3)CC2)cc1C(F)(F)F. The van der Waals surface area contributed by atoms with Gasteiger partial charge in [0, 0.05) is 70.4 Å². The molecule has 12 nitrogen and oxygen atoms in total. The number of aromatic nitrogens is 3. The number of nitrogen functional groups attached to an aromatic ring is 1. The van der Waals surface area contributed by atoms with Crippen LogP contribution < -0.4 is 16.7 Å². The first-order chi connectivity index (χ1) is 24.7. The Morgan fingerprint density at radius 2 is 1.40 bits per heavy atom. The number of likely N-dealkylation sites (tertiary alicyclic amines) is 2. The lowest BCUT2D eigenvalue weighted by Gasteiger charge is -2.41. The van der Waals surface area contributed by atoms with Gasteiger partial charge < -0.3 is 25.6 Å². The highest BCUT2D eigenvalue weighted by Gasteiger charge is 2.42. The van der Waals surface area contributed by atoms with Gasteiger partial charge in [-0.1, -0.05) is 30.3 Å². The predicted molar refractivity (Wildman–Crippen MR) is 177 cm³/mol. The zero-order valence-electron chi connectivity index (χ0n) is 28.2. The third-order valence-electron chi connectivity index (χ3n) is 9.99. The van der Waals surface area contributed by atoms with Crippen molar-refractivity contribution in [2.45, 2.75) is 62.6 Å². The number of nitrogens with two attached hydrogens (primary N) is 1. The molecule has 3 aliphatic rings. The van der Waals surface area contributed by atoms with Gasteiger partial charge in [-0.05, 0) is 43.4 Å². The summed E-state index contributed by atoms with van der Waals surface area (Å²) in [6.45, 7) is 4.11.